The first-order chi connectivity index (χ1) is 69.6. The van der Waals surface area contributed by atoms with Gasteiger partial charge in [-0.1, -0.05) is 342 Å². The van der Waals surface area contributed by atoms with Crippen LogP contribution in [0.1, 0.15) is 94.3 Å². The first kappa shape index (κ1) is 74.2. The Kier molecular flexibility index (Phi) is 17.9. The molecule has 0 spiro atoms. The molecule has 135 heavy (non-hydrogen) atoms. The zero-order valence-electron chi connectivity index (χ0n) is 82.8. The van der Waals surface area contributed by atoms with E-state index in [-0.39, 0.29) is 58.3 Å². The molecule has 0 saturated heterocycles. The lowest BCUT2D eigenvalue weighted by Crippen LogP contribution is -2.38. The van der Waals surface area contributed by atoms with Crippen molar-refractivity contribution in [1.82, 2.24) is 0 Å². The van der Waals surface area contributed by atoms with Crippen molar-refractivity contribution in [2.24, 2.45) is 0 Å². The molecule has 0 aliphatic carbocycles. The van der Waals surface area contributed by atoms with Gasteiger partial charge < -0.3 is 14.7 Å². The highest BCUT2D eigenvalue weighted by Crippen LogP contribution is 2.63. The second kappa shape index (κ2) is 32.6. The average molecular weight is 1840 g/mol. The van der Waals surface area contributed by atoms with Crippen LogP contribution in [-0.4, -0.2) is 15.8 Å². The van der Waals surface area contributed by atoms with Gasteiger partial charge in [0.05, 0.1) is 50.5 Å². The standard InChI is InChI=1S/2C45H32BNS2.C33H24BNS2/c1-29-21-23-40-38(25-29)45(31-13-5-3-6-14-31,32-15-7-4-8-16-32)39-26-30(2)22-24-41(39)47(40)33-27-36-34-17-9-11-19-42(34)48-46-44(36)37(28-33)35-18-10-12-20-43(35)49-46;1-45(2)38-19-8-9-20-40(38)47(41-24-23-32(26-39(41)45)31-16-12-15-30(25-31)29-13-4-3-5-14-29)33-27-36-34-17-6-10-21-42(34)48-46-44(36)37(28-33)35-18-7-11-22-43(35)49-46;1-33(2)26-13-5-7-15-28(26)35(29-16-8-6-14-27(29)33)21-19-24-22-11-3-9-17-30(22)36-34-32(24)25(20-21)23-12-4-10-18-31(23)37-34/h2*3-28H,1-2H3;3-20H,1-2H3/i;;5D,6D,7D,8D,13D,14D,15D,16D. The summed E-state index contributed by atoms with van der Waals surface area (Å²) in [5.74, 6) is 0. The smallest absolute Gasteiger partial charge is 0.310 e. The Morgan fingerprint density at radius 1 is 0.222 bits per heavy atom. The first-order valence-corrected chi connectivity index (χ1v) is 51.3. The summed E-state index contributed by atoms with van der Waals surface area (Å²) in [6.45, 7) is 12.8. The molecule has 0 N–H and O–H groups in total. The Morgan fingerprint density at radius 2 is 0.511 bits per heavy atom. The lowest BCUT2D eigenvalue weighted by molar-refractivity contribution is 0.632. The average Bonchev–Trinajstić information content (AvgIpc) is 0.689. The molecule has 640 valence electrons. The van der Waals surface area contributed by atoms with Gasteiger partial charge in [-0.2, -0.15) is 69.7 Å². The molecule has 0 atom stereocenters. The van der Waals surface area contributed by atoms with Gasteiger partial charge in [0, 0.05) is 57.3 Å². The Labute approximate surface area is 828 Å². The van der Waals surface area contributed by atoms with Crippen molar-refractivity contribution < 1.29 is 11.0 Å². The van der Waals surface area contributed by atoms with E-state index in [1.807, 2.05) is 106 Å². The summed E-state index contributed by atoms with van der Waals surface area (Å²) in [5, 5.41) is 0.750. The van der Waals surface area contributed by atoms with Crippen molar-refractivity contribution in [1.29, 1.82) is 0 Å². The van der Waals surface area contributed by atoms with E-state index < -0.39 is 22.9 Å². The van der Waals surface area contributed by atoms with Crippen LogP contribution in [0.2, 0.25) is 0 Å². The normalized spacial score (nSPS) is 15.8. The third kappa shape index (κ3) is 13.3. The van der Waals surface area contributed by atoms with Crippen LogP contribution in [0, 0.1) is 13.8 Å². The van der Waals surface area contributed by atoms with Crippen molar-refractivity contribution in [3.05, 3.63) is 480 Å². The monoisotopic (exact) mass is 1840 g/mol. The zero-order valence-corrected chi connectivity index (χ0v) is 79.7. The predicted octanol–water partition coefficient (Wildman–Crippen LogP) is 33.1. The van der Waals surface area contributed by atoms with Crippen molar-refractivity contribution >= 4 is 153 Å². The third-order valence-electron chi connectivity index (χ3n) is 28.5. The molecule has 9 heterocycles. The molecule has 0 radical (unpaired) electrons. The molecule has 0 aromatic heterocycles. The van der Waals surface area contributed by atoms with Crippen LogP contribution < -0.4 is 31.1 Å². The lowest BCUT2D eigenvalue weighted by Gasteiger charge is -2.47. The van der Waals surface area contributed by atoms with Crippen LogP contribution in [0.25, 0.3) is 89.0 Å². The number of nitrogens with zero attached hydrogens (tertiary/aromatic N) is 3. The van der Waals surface area contributed by atoms with Crippen LogP contribution >= 0.6 is 69.7 Å². The number of aryl methyl sites for hydroxylation is 2. The summed E-state index contributed by atoms with van der Waals surface area (Å²) >= 11 is 11.6. The number of fused-ring (bicyclic) bond motifs is 18. The van der Waals surface area contributed by atoms with Crippen molar-refractivity contribution in [2.75, 3.05) is 14.7 Å². The summed E-state index contributed by atoms with van der Waals surface area (Å²) in [4.78, 5) is 14.4. The second-order valence-electron chi connectivity index (χ2n) is 37.0. The Morgan fingerprint density at radius 3 is 0.904 bits per heavy atom. The van der Waals surface area contributed by atoms with Crippen LogP contribution in [0.4, 0.5) is 51.2 Å². The second-order valence-corrected chi connectivity index (χ2v) is 44.7. The van der Waals surface area contributed by atoms with Gasteiger partial charge >= 0.3 is 15.8 Å². The largest absolute Gasteiger partial charge is 0.318 e. The highest BCUT2D eigenvalue weighted by molar-refractivity contribution is 8.57. The minimum atomic E-state index is -1.16. The third-order valence-corrected chi connectivity index (χ3v) is 36.6. The van der Waals surface area contributed by atoms with E-state index in [1.165, 1.54) is 181 Å². The number of hydrogen-bond donors (Lipinski definition) is 0. The molecule has 0 unspecified atom stereocenters. The van der Waals surface area contributed by atoms with Crippen molar-refractivity contribution in [3.63, 3.8) is 0 Å². The quantitative estimate of drug-likeness (QED) is 0.143. The van der Waals surface area contributed by atoms with Crippen LogP contribution in [0.15, 0.2) is 454 Å². The van der Waals surface area contributed by atoms with E-state index >= 15 is 0 Å². The summed E-state index contributed by atoms with van der Waals surface area (Å²) < 4.78 is 70.7. The Bertz CT molecular complexity index is 8270. The molecule has 0 saturated carbocycles. The topological polar surface area (TPSA) is 9.72 Å². The molecule has 0 amide bonds. The number of anilines is 9. The summed E-state index contributed by atoms with van der Waals surface area (Å²) in [5.41, 5.74) is 41.3. The van der Waals surface area contributed by atoms with Gasteiger partial charge in [0.2, 0.25) is 0 Å². The molecule has 19 aromatic rings. The molecule has 3 nitrogen and oxygen atoms in total. The van der Waals surface area contributed by atoms with E-state index in [0.717, 1.165) is 32.0 Å². The SMILES string of the molecule is CC1(C)c2ccccc2N(c2cc3c4c(c2)-c2ccccc2SB4Sc2ccccc2-3)c2ccc(-c3cccc(-c4ccccc4)c3)cc21.Cc1ccc2c(c1)C(c1ccccc1)(c1ccccc1)c1cc(C)ccc1N2c1cc2c3c(c1)-c1ccccc1SB3Sc1ccccc1-2.[2H]c1c([2H])c([2H])c2c(c1[2H])N(c1cc3c4c(c1)-c1ccccc1SB4Sc1ccccc1-3)c1c([2H])c([2H])c([2H])c([2H])c1C2(C)C. The van der Waals surface area contributed by atoms with Crippen LogP contribution in [0.3, 0.4) is 0 Å². The van der Waals surface area contributed by atoms with Crippen LogP contribution in [0.5, 0.6) is 0 Å². The van der Waals surface area contributed by atoms with Gasteiger partial charge in [-0.05, 0) is 285 Å². The number of hydrogen-bond acceptors (Lipinski definition) is 9. The zero-order chi connectivity index (χ0) is 97.1. The lowest BCUT2D eigenvalue weighted by atomic mass is 9.62. The molecule has 28 rings (SSSR count). The van der Waals surface area contributed by atoms with Gasteiger partial charge in [-0.3, -0.25) is 0 Å². The molecule has 0 bridgehead atoms. The molecular formula is C123H88B3N3S6. The minimum absolute atomic E-state index is 0.100. The van der Waals surface area contributed by atoms with Crippen molar-refractivity contribution in [3.8, 4) is 89.0 Å². The molecule has 12 heteroatoms. The minimum Gasteiger partial charge on any atom is -0.310 e. The van der Waals surface area contributed by atoms with Gasteiger partial charge in [0.15, 0.2) is 0 Å². The van der Waals surface area contributed by atoms with E-state index in [1.54, 1.807) is 18.7 Å². The Hall–Kier alpha value is -13.1. The van der Waals surface area contributed by atoms with Crippen LogP contribution in [-0.2, 0) is 16.2 Å². The van der Waals surface area contributed by atoms with E-state index in [4.69, 9.17) is 11.0 Å². The van der Waals surface area contributed by atoms with Gasteiger partial charge in [-0.25, -0.2) is 0 Å². The van der Waals surface area contributed by atoms with E-state index in [0.29, 0.717) is 27.4 Å². The molecule has 0 fully saturated rings. The fraction of sp³-hybridized carbons (Fsp3) is 0.0732. The van der Waals surface area contributed by atoms with Gasteiger partial charge in [0.25, 0.3) is 0 Å². The number of benzene rings is 19. The van der Waals surface area contributed by atoms with Crippen molar-refractivity contribution in [2.45, 2.75) is 87.2 Å². The van der Waals surface area contributed by atoms with E-state index in [2.05, 4.69) is 377 Å². The number of rotatable bonds is 7. The maximum absolute atomic E-state index is 9.16. The summed E-state index contributed by atoms with van der Waals surface area (Å²) in [6, 6.07) is 136. The summed E-state index contributed by atoms with van der Waals surface area (Å²) in [6.07, 6.45) is 0. The highest BCUT2D eigenvalue weighted by atomic mass is 32.2. The fourth-order valence-corrected chi connectivity index (χ4v) is 31.1. The van der Waals surface area contributed by atoms with Gasteiger partial charge in [0.1, 0.15) is 0 Å². The molecule has 19 aromatic carbocycles. The maximum Gasteiger partial charge on any atom is 0.318 e. The van der Waals surface area contributed by atoms with E-state index in [9.17, 15) is 0 Å². The fourth-order valence-electron chi connectivity index (χ4n) is 22.3. The Balaban J connectivity index is 0.000000110. The van der Waals surface area contributed by atoms with Gasteiger partial charge in [-0.15, -0.1) is 0 Å². The summed E-state index contributed by atoms with van der Waals surface area (Å²) in [7, 11) is 0. The predicted molar refractivity (Wildman–Crippen MR) is 584 cm³/mol. The maximum atomic E-state index is 9.16. The number of para-hydroxylation sites is 3. The molecule has 9 aliphatic rings. The molecular weight excluding hydrogens is 1740 g/mol. The highest BCUT2D eigenvalue weighted by Gasteiger charge is 2.50. The molecule has 9 aliphatic heterocycles. The first-order valence-electron chi connectivity index (χ1n) is 50.0.